The molecule has 4 aromatic rings. The molecule has 0 saturated carbocycles. The van der Waals surface area contributed by atoms with Crippen molar-refractivity contribution >= 4 is 22.7 Å². The van der Waals surface area contributed by atoms with E-state index in [-0.39, 0.29) is 0 Å². The highest BCUT2D eigenvalue weighted by Gasteiger charge is 2.24. The molecule has 4 nitrogen and oxygen atoms in total. The van der Waals surface area contributed by atoms with Gasteiger partial charge >= 0.3 is 0 Å². The lowest BCUT2D eigenvalue weighted by Gasteiger charge is -2.27. The Kier molecular flexibility index (Phi) is 4.52. The summed E-state index contributed by atoms with van der Waals surface area (Å²) in [6, 6.07) is 28.4. The number of nitrogens with one attached hydrogen (secondary N) is 1. The van der Waals surface area contributed by atoms with Crippen molar-refractivity contribution < 1.29 is 4.74 Å². The van der Waals surface area contributed by atoms with Crippen molar-refractivity contribution in [1.29, 1.82) is 0 Å². The van der Waals surface area contributed by atoms with Crippen LogP contribution in [-0.2, 0) is 12.8 Å². The molecule has 0 radical (unpaired) electrons. The van der Waals surface area contributed by atoms with Crippen LogP contribution in [0.3, 0.4) is 0 Å². The van der Waals surface area contributed by atoms with Crippen molar-refractivity contribution in [2.45, 2.75) is 12.8 Å². The van der Waals surface area contributed by atoms with Crippen molar-refractivity contribution in [3.63, 3.8) is 0 Å². The SMILES string of the molecule is Nc1ccc2c(c1)Oc1cc(N)c(Cc3ccccc3)c(Cc3ccccc3)c1N2. The molecule has 0 amide bonds. The second kappa shape index (κ2) is 7.48. The summed E-state index contributed by atoms with van der Waals surface area (Å²) in [5.74, 6) is 1.44. The van der Waals surface area contributed by atoms with Gasteiger partial charge in [0.25, 0.3) is 0 Å². The number of rotatable bonds is 4. The first-order valence-electron chi connectivity index (χ1n) is 10.0. The van der Waals surface area contributed by atoms with E-state index in [0.717, 1.165) is 46.8 Å². The number of ether oxygens (including phenoxy) is 1. The lowest BCUT2D eigenvalue weighted by molar-refractivity contribution is 0.481. The lowest BCUT2D eigenvalue weighted by atomic mass is 9.91. The summed E-state index contributed by atoms with van der Waals surface area (Å²) in [6.07, 6.45) is 1.52. The number of anilines is 4. The first kappa shape index (κ1) is 18.1. The van der Waals surface area contributed by atoms with Crippen LogP contribution >= 0.6 is 0 Å². The molecule has 1 aliphatic rings. The molecule has 5 rings (SSSR count). The highest BCUT2D eigenvalue weighted by molar-refractivity contribution is 5.83. The second-order valence-corrected chi connectivity index (χ2v) is 7.60. The average Bonchev–Trinajstić information content (AvgIpc) is 2.76. The topological polar surface area (TPSA) is 73.3 Å². The van der Waals surface area contributed by atoms with Crippen molar-refractivity contribution in [3.8, 4) is 11.5 Å². The van der Waals surface area contributed by atoms with E-state index in [2.05, 4.69) is 53.8 Å². The molecule has 148 valence electrons. The summed E-state index contributed by atoms with van der Waals surface area (Å²) in [6.45, 7) is 0. The zero-order valence-electron chi connectivity index (χ0n) is 16.6. The molecule has 4 aromatic carbocycles. The van der Waals surface area contributed by atoms with Gasteiger partial charge in [0.1, 0.15) is 0 Å². The van der Waals surface area contributed by atoms with Gasteiger partial charge in [0.2, 0.25) is 0 Å². The molecule has 0 aromatic heterocycles. The van der Waals surface area contributed by atoms with Crippen LogP contribution in [0.2, 0.25) is 0 Å². The normalized spacial score (nSPS) is 11.7. The smallest absolute Gasteiger partial charge is 0.153 e. The Morgan fingerprint density at radius 3 is 1.97 bits per heavy atom. The monoisotopic (exact) mass is 393 g/mol. The van der Waals surface area contributed by atoms with Gasteiger partial charge in [-0.1, -0.05) is 60.7 Å². The van der Waals surface area contributed by atoms with E-state index < -0.39 is 0 Å². The van der Waals surface area contributed by atoms with Gasteiger partial charge in [-0.25, -0.2) is 0 Å². The molecule has 0 atom stereocenters. The van der Waals surface area contributed by atoms with Crippen LogP contribution in [0.1, 0.15) is 22.3 Å². The predicted octanol–water partition coefficient (Wildman–Crippen LogP) is 5.88. The van der Waals surface area contributed by atoms with Crippen molar-refractivity contribution in [2.24, 2.45) is 0 Å². The molecule has 0 unspecified atom stereocenters. The van der Waals surface area contributed by atoms with Gasteiger partial charge in [0.15, 0.2) is 11.5 Å². The van der Waals surface area contributed by atoms with Gasteiger partial charge in [-0.15, -0.1) is 0 Å². The first-order valence-corrected chi connectivity index (χ1v) is 10.0. The van der Waals surface area contributed by atoms with E-state index in [0.29, 0.717) is 11.4 Å². The van der Waals surface area contributed by atoms with Crippen LogP contribution in [-0.4, -0.2) is 0 Å². The van der Waals surface area contributed by atoms with Crippen molar-refractivity contribution in [3.05, 3.63) is 107 Å². The summed E-state index contributed by atoms with van der Waals surface area (Å²) in [5.41, 5.74) is 20.5. The van der Waals surface area contributed by atoms with Crippen LogP contribution in [0.15, 0.2) is 84.9 Å². The molecule has 5 N–H and O–H groups in total. The third-order valence-electron chi connectivity index (χ3n) is 5.48. The van der Waals surface area contributed by atoms with E-state index in [1.54, 1.807) is 0 Å². The maximum atomic E-state index is 6.56. The van der Waals surface area contributed by atoms with Crippen LogP contribution in [0.5, 0.6) is 11.5 Å². The van der Waals surface area contributed by atoms with E-state index in [4.69, 9.17) is 16.2 Å². The van der Waals surface area contributed by atoms with Gasteiger partial charge in [-0.05, 0) is 47.2 Å². The second-order valence-electron chi connectivity index (χ2n) is 7.60. The number of benzene rings is 4. The highest BCUT2D eigenvalue weighted by atomic mass is 16.5. The van der Waals surface area contributed by atoms with Crippen LogP contribution in [0, 0.1) is 0 Å². The number of hydrogen-bond acceptors (Lipinski definition) is 4. The number of nitrogens with two attached hydrogens (primary N) is 2. The fourth-order valence-electron chi connectivity index (χ4n) is 3.98. The van der Waals surface area contributed by atoms with Crippen LogP contribution < -0.4 is 21.5 Å². The Bertz CT molecular complexity index is 1200. The van der Waals surface area contributed by atoms with Gasteiger partial charge in [0.05, 0.1) is 11.4 Å². The molecule has 0 bridgehead atoms. The summed E-state index contributed by atoms with van der Waals surface area (Å²) in [4.78, 5) is 0. The van der Waals surface area contributed by atoms with E-state index in [1.165, 1.54) is 11.1 Å². The lowest BCUT2D eigenvalue weighted by Crippen LogP contribution is -2.11. The molecule has 1 heterocycles. The maximum absolute atomic E-state index is 6.56. The molecule has 4 heteroatoms. The van der Waals surface area contributed by atoms with E-state index in [9.17, 15) is 0 Å². The summed E-state index contributed by atoms with van der Waals surface area (Å²) in [5, 5.41) is 3.57. The average molecular weight is 393 g/mol. The quantitative estimate of drug-likeness (QED) is 0.333. The Balaban J connectivity index is 1.64. The first-order chi connectivity index (χ1) is 14.7. The molecule has 0 spiro atoms. The summed E-state index contributed by atoms with van der Waals surface area (Å²) < 4.78 is 6.20. The summed E-state index contributed by atoms with van der Waals surface area (Å²) >= 11 is 0. The van der Waals surface area contributed by atoms with E-state index >= 15 is 0 Å². The van der Waals surface area contributed by atoms with Gasteiger partial charge in [-0.2, -0.15) is 0 Å². The molecule has 0 fully saturated rings. The molecule has 0 aliphatic carbocycles. The molecular weight excluding hydrogens is 370 g/mol. The van der Waals surface area contributed by atoms with E-state index in [1.807, 2.05) is 36.4 Å². The Labute approximate surface area is 176 Å². The van der Waals surface area contributed by atoms with Crippen LogP contribution in [0.4, 0.5) is 22.7 Å². The minimum atomic E-state index is 0.664. The Hall–Kier alpha value is -3.92. The van der Waals surface area contributed by atoms with Gasteiger partial charge in [0, 0.05) is 23.5 Å². The van der Waals surface area contributed by atoms with Crippen molar-refractivity contribution in [1.82, 2.24) is 0 Å². The van der Waals surface area contributed by atoms with Gasteiger partial charge < -0.3 is 21.5 Å². The molecule has 0 saturated heterocycles. The molecular formula is C26H23N3O. The minimum absolute atomic E-state index is 0.664. The molecule has 30 heavy (non-hydrogen) atoms. The highest BCUT2D eigenvalue weighted by Crippen LogP contribution is 2.47. The summed E-state index contributed by atoms with van der Waals surface area (Å²) in [7, 11) is 0. The standard InChI is InChI=1S/C26H23N3O/c27-19-11-12-23-24(15-19)30-25-16-22(28)20(13-17-7-3-1-4-8-17)21(26(25)29-23)14-18-9-5-2-6-10-18/h1-12,15-16,29H,13-14,27-28H2. The third kappa shape index (κ3) is 3.44. The van der Waals surface area contributed by atoms with Crippen LogP contribution in [0.25, 0.3) is 0 Å². The minimum Gasteiger partial charge on any atom is -0.453 e. The third-order valence-corrected chi connectivity index (χ3v) is 5.48. The predicted molar refractivity (Wildman–Crippen MR) is 124 cm³/mol. The number of nitrogen functional groups attached to an aromatic ring is 2. The fraction of sp³-hybridized carbons (Fsp3) is 0.0769. The number of hydrogen-bond donors (Lipinski definition) is 3. The maximum Gasteiger partial charge on any atom is 0.153 e. The Morgan fingerprint density at radius 2 is 1.30 bits per heavy atom. The number of fused-ring (bicyclic) bond motifs is 2. The van der Waals surface area contributed by atoms with Gasteiger partial charge in [-0.3, -0.25) is 0 Å². The Morgan fingerprint density at radius 1 is 0.667 bits per heavy atom. The molecule has 1 aliphatic heterocycles. The zero-order valence-corrected chi connectivity index (χ0v) is 16.6. The largest absolute Gasteiger partial charge is 0.453 e. The van der Waals surface area contributed by atoms with Crippen molar-refractivity contribution in [2.75, 3.05) is 16.8 Å². The fourth-order valence-corrected chi connectivity index (χ4v) is 3.98. The zero-order chi connectivity index (χ0) is 20.5.